The minimum Gasteiger partial charge on any atom is -0.444 e. The number of halogens is 1. The molecule has 0 spiro atoms. The van der Waals surface area contributed by atoms with Crippen LogP contribution in [0.3, 0.4) is 0 Å². The van der Waals surface area contributed by atoms with E-state index in [0.717, 1.165) is 13.0 Å². The highest BCUT2D eigenvalue weighted by Gasteiger charge is 2.48. The molecule has 0 aromatic rings. The fraction of sp³-hybridized carbons (Fsp3) is 0.696. The summed E-state index contributed by atoms with van der Waals surface area (Å²) in [5, 5.41) is 19.2. The fourth-order valence-corrected chi connectivity index (χ4v) is 4.20. The maximum absolute atomic E-state index is 13.7. The number of carbonyl (C=O) groups is 3. The first-order valence-electron chi connectivity index (χ1n) is 11.1. The number of allylic oxidation sites excluding steroid dienone is 2. The van der Waals surface area contributed by atoms with Gasteiger partial charge in [0.1, 0.15) is 11.7 Å². The number of aliphatic hydroxyl groups is 1. The quantitative estimate of drug-likeness (QED) is 0.433. The molecule has 4 atom stereocenters. The Hall–Kier alpha value is -1.90. The van der Waals surface area contributed by atoms with Crippen LogP contribution in [0.4, 0.5) is 4.79 Å². The van der Waals surface area contributed by atoms with Gasteiger partial charge in [-0.05, 0) is 58.2 Å². The number of Topliss-reactive ketones (excluding diaryl/α,β-unsaturated/α-hetero) is 1. The highest BCUT2D eigenvalue weighted by Crippen LogP contribution is 2.39. The number of ether oxygens (including phenoxy) is 1. The van der Waals surface area contributed by atoms with E-state index in [2.05, 4.69) is 16.0 Å². The third kappa shape index (κ3) is 6.80. The van der Waals surface area contributed by atoms with Crippen molar-refractivity contribution in [3.05, 3.63) is 23.3 Å². The van der Waals surface area contributed by atoms with E-state index in [1.54, 1.807) is 52.8 Å². The molecule has 2 rings (SSSR count). The molecule has 32 heavy (non-hydrogen) atoms. The van der Waals surface area contributed by atoms with Crippen LogP contribution in [0, 0.1) is 17.3 Å². The summed E-state index contributed by atoms with van der Waals surface area (Å²) in [6.45, 7) is 9.59. The molecule has 9 heteroatoms. The third-order valence-electron chi connectivity index (χ3n) is 5.70. The van der Waals surface area contributed by atoms with Crippen molar-refractivity contribution in [2.24, 2.45) is 17.3 Å². The number of rotatable bonds is 8. The van der Waals surface area contributed by atoms with Crippen LogP contribution in [0.1, 0.15) is 47.5 Å². The van der Waals surface area contributed by atoms with Crippen LogP contribution >= 0.6 is 11.6 Å². The standard InChI is InChI=1S/C23H36ClN3O5/c1-14(2)18(28)20(30)27-13-23(19(29)17-7-6-10-25-17)11-16(24)9-8-15(23)12-26-21(31)32-22(3,4)5/h8-9,11,14-15,17-18,25,28H,6-7,10,12-13H2,1-5H3,(H,26,31)(H,27,30)/t15?,17-,18+,23?/m0/s1. The maximum atomic E-state index is 13.7. The van der Waals surface area contributed by atoms with E-state index in [4.69, 9.17) is 16.3 Å². The van der Waals surface area contributed by atoms with Gasteiger partial charge in [-0.25, -0.2) is 4.79 Å². The van der Waals surface area contributed by atoms with Crippen molar-refractivity contribution in [2.45, 2.75) is 65.2 Å². The molecule has 0 radical (unpaired) electrons. The van der Waals surface area contributed by atoms with Crippen LogP contribution in [0.5, 0.6) is 0 Å². The molecular weight excluding hydrogens is 434 g/mol. The second-order valence-electron chi connectivity index (χ2n) is 9.84. The normalized spacial score (nSPS) is 26.4. The molecule has 1 saturated heterocycles. The molecular formula is C23H36ClN3O5. The van der Waals surface area contributed by atoms with Crippen molar-refractivity contribution >= 4 is 29.4 Å². The molecule has 0 saturated carbocycles. The van der Waals surface area contributed by atoms with E-state index < -0.39 is 35.0 Å². The van der Waals surface area contributed by atoms with Crippen LogP contribution in [-0.4, -0.2) is 60.3 Å². The Morgan fingerprint density at radius 1 is 1.31 bits per heavy atom. The number of aliphatic hydroxyl groups excluding tert-OH is 1. The molecule has 0 aromatic heterocycles. The zero-order valence-corrected chi connectivity index (χ0v) is 20.3. The van der Waals surface area contributed by atoms with Gasteiger partial charge < -0.3 is 25.8 Å². The molecule has 2 aliphatic rings. The number of nitrogens with one attached hydrogen (secondary N) is 3. The highest BCUT2D eigenvalue weighted by molar-refractivity contribution is 6.31. The Labute approximate surface area is 195 Å². The number of ketones is 1. The Morgan fingerprint density at radius 3 is 2.56 bits per heavy atom. The van der Waals surface area contributed by atoms with Crippen molar-refractivity contribution in [1.82, 2.24) is 16.0 Å². The van der Waals surface area contributed by atoms with Crippen LogP contribution in [0.25, 0.3) is 0 Å². The van der Waals surface area contributed by atoms with Gasteiger partial charge in [0.25, 0.3) is 0 Å². The lowest BCUT2D eigenvalue weighted by Gasteiger charge is -2.40. The number of amides is 2. The summed E-state index contributed by atoms with van der Waals surface area (Å²) >= 11 is 6.32. The molecule has 1 aliphatic carbocycles. The average molecular weight is 470 g/mol. The molecule has 8 nitrogen and oxygen atoms in total. The van der Waals surface area contributed by atoms with Crippen LogP contribution in [0.15, 0.2) is 23.3 Å². The summed E-state index contributed by atoms with van der Waals surface area (Å²) in [5.74, 6) is -1.39. The van der Waals surface area contributed by atoms with Gasteiger partial charge in [-0.15, -0.1) is 0 Å². The van der Waals surface area contributed by atoms with Crippen LogP contribution in [0.2, 0.25) is 0 Å². The largest absolute Gasteiger partial charge is 0.444 e. The zero-order valence-electron chi connectivity index (χ0n) is 19.5. The first-order valence-corrected chi connectivity index (χ1v) is 11.5. The topological polar surface area (TPSA) is 117 Å². The number of carbonyl (C=O) groups excluding carboxylic acids is 3. The number of hydrogen-bond acceptors (Lipinski definition) is 6. The van der Waals surface area contributed by atoms with Gasteiger partial charge in [-0.3, -0.25) is 9.59 Å². The van der Waals surface area contributed by atoms with E-state index in [1.165, 1.54) is 0 Å². The minimum absolute atomic E-state index is 0.0478. The first-order chi connectivity index (χ1) is 14.9. The van der Waals surface area contributed by atoms with Gasteiger partial charge in [0.05, 0.1) is 11.5 Å². The monoisotopic (exact) mass is 469 g/mol. The maximum Gasteiger partial charge on any atom is 0.407 e. The van der Waals surface area contributed by atoms with E-state index in [9.17, 15) is 19.5 Å². The minimum atomic E-state index is -1.19. The second kappa shape index (κ2) is 10.8. The predicted molar refractivity (Wildman–Crippen MR) is 123 cm³/mol. The summed E-state index contributed by atoms with van der Waals surface area (Å²) in [6, 6.07) is -0.377. The number of hydrogen-bond donors (Lipinski definition) is 4. The van der Waals surface area contributed by atoms with E-state index >= 15 is 0 Å². The molecule has 0 bridgehead atoms. The molecule has 2 amide bonds. The molecule has 1 heterocycles. The Morgan fingerprint density at radius 2 is 2.00 bits per heavy atom. The first kappa shape index (κ1) is 26.4. The van der Waals surface area contributed by atoms with Crippen molar-refractivity contribution in [1.29, 1.82) is 0 Å². The predicted octanol–water partition coefficient (Wildman–Crippen LogP) is 2.26. The van der Waals surface area contributed by atoms with Gasteiger partial charge in [-0.1, -0.05) is 31.5 Å². The Kier molecular flexibility index (Phi) is 8.90. The molecule has 2 unspecified atom stereocenters. The molecule has 0 aromatic carbocycles. The van der Waals surface area contributed by atoms with E-state index in [-0.39, 0.29) is 30.8 Å². The average Bonchev–Trinajstić information content (AvgIpc) is 3.23. The summed E-state index contributed by atoms with van der Waals surface area (Å²) in [6.07, 6.45) is 4.89. The lowest BCUT2D eigenvalue weighted by atomic mass is 9.67. The lowest BCUT2D eigenvalue weighted by Crippen LogP contribution is -2.56. The van der Waals surface area contributed by atoms with Crippen molar-refractivity contribution < 1.29 is 24.2 Å². The summed E-state index contributed by atoms with van der Waals surface area (Å²) < 4.78 is 5.32. The highest BCUT2D eigenvalue weighted by atomic mass is 35.5. The van der Waals surface area contributed by atoms with Crippen molar-refractivity contribution in [3.63, 3.8) is 0 Å². The van der Waals surface area contributed by atoms with Gasteiger partial charge in [0.2, 0.25) is 5.91 Å². The fourth-order valence-electron chi connectivity index (χ4n) is 3.94. The second-order valence-corrected chi connectivity index (χ2v) is 10.3. The molecule has 1 aliphatic heterocycles. The molecule has 180 valence electrons. The number of alkyl carbamates (subject to hydrolysis) is 1. The smallest absolute Gasteiger partial charge is 0.407 e. The third-order valence-corrected chi connectivity index (χ3v) is 5.94. The summed E-state index contributed by atoms with van der Waals surface area (Å²) in [7, 11) is 0. The van der Waals surface area contributed by atoms with Gasteiger partial charge in [0, 0.05) is 24.0 Å². The molecule has 1 fully saturated rings. The van der Waals surface area contributed by atoms with E-state index in [0.29, 0.717) is 11.5 Å². The molecule has 4 N–H and O–H groups in total. The van der Waals surface area contributed by atoms with Gasteiger partial charge in [0.15, 0.2) is 5.78 Å². The van der Waals surface area contributed by atoms with E-state index in [1.807, 2.05) is 0 Å². The summed E-state index contributed by atoms with van der Waals surface area (Å²) in [5.41, 5.74) is -1.84. The van der Waals surface area contributed by atoms with Crippen molar-refractivity contribution in [2.75, 3.05) is 19.6 Å². The van der Waals surface area contributed by atoms with Crippen LogP contribution in [-0.2, 0) is 14.3 Å². The van der Waals surface area contributed by atoms with Gasteiger partial charge >= 0.3 is 6.09 Å². The van der Waals surface area contributed by atoms with Gasteiger partial charge in [-0.2, -0.15) is 0 Å². The Balaban J connectivity index is 2.29. The summed E-state index contributed by atoms with van der Waals surface area (Å²) in [4.78, 5) is 38.4. The van der Waals surface area contributed by atoms with Crippen LogP contribution < -0.4 is 16.0 Å². The zero-order chi connectivity index (χ0) is 24.1. The SMILES string of the molecule is CC(C)[C@@H](O)C(=O)NCC1(C(=O)[C@@H]2CCCN2)C=C(Cl)C=CC1CNC(=O)OC(C)(C)C. The lowest BCUT2D eigenvalue weighted by molar-refractivity contribution is -0.134. The Bertz CT molecular complexity index is 768. The van der Waals surface area contributed by atoms with Crippen molar-refractivity contribution in [3.8, 4) is 0 Å².